The summed E-state index contributed by atoms with van der Waals surface area (Å²) in [6.45, 7) is 0. The van der Waals surface area contributed by atoms with Gasteiger partial charge in [0.1, 0.15) is 15.9 Å². The van der Waals surface area contributed by atoms with Gasteiger partial charge in [-0.25, -0.2) is 12.8 Å². The summed E-state index contributed by atoms with van der Waals surface area (Å²) in [7, 11) is -2.93. The number of rotatable bonds is 1. The van der Waals surface area contributed by atoms with Gasteiger partial charge in [0.25, 0.3) is 0 Å². The summed E-state index contributed by atoms with van der Waals surface area (Å²) in [5.74, 6) is -0.321. The van der Waals surface area contributed by atoms with Crippen LogP contribution in [0.25, 0.3) is 0 Å². The maximum atomic E-state index is 12.7. The Hall–Kier alpha value is -0.630. The molecule has 5 heteroatoms. The molecule has 1 rings (SSSR count). The zero-order valence-corrected chi connectivity index (χ0v) is 7.35. The van der Waals surface area contributed by atoms with Gasteiger partial charge in [0.2, 0.25) is 0 Å². The van der Waals surface area contributed by atoms with E-state index >= 15 is 0 Å². The predicted octanol–water partition coefficient (Wildman–Crippen LogP) is 0.673. The summed E-state index contributed by atoms with van der Waals surface area (Å²) in [6, 6.07) is 1.50. The summed E-state index contributed by atoms with van der Waals surface area (Å²) in [5.41, 5.74) is 0. The van der Waals surface area contributed by atoms with E-state index in [0.29, 0.717) is 0 Å². The van der Waals surface area contributed by atoms with Crippen molar-refractivity contribution in [3.05, 3.63) is 0 Å². The second-order valence-electron chi connectivity index (χ2n) is 3.02. The van der Waals surface area contributed by atoms with E-state index in [0.717, 1.165) is 0 Å². The molecule has 1 unspecified atom stereocenters. The first-order chi connectivity index (χ1) is 5.55. The van der Waals surface area contributed by atoms with Crippen LogP contribution < -0.4 is 0 Å². The van der Waals surface area contributed by atoms with Crippen molar-refractivity contribution < 1.29 is 12.8 Å². The molecule has 0 N–H and O–H groups in total. The first-order valence-corrected chi connectivity index (χ1v) is 5.61. The number of alkyl halides is 1. The van der Waals surface area contributed by atoms with Crippen LogP contribution in [0.4, 0.5) is 4.39 Å². The highest BCUT2D eigenvalue weighted by molar-refractivity contribution is 7.91. The van der Waals surface area contributed by atoms with E-state index in [-0.39, 0.29) is 30.3 Å². The molecule has 0 saturated carbocycles. The average Bonchev–Trinajstić information content (AvgIpc) is 2.03. The molecule has 1 saturated heterocycles. The molecule has 0 aliphatic carbocycles. The second kappa shape index (κ2) is 3.40. The SMILES string of the molecule is N#CC(F)C1CCS(=O)(=O)CC1. The highest BCUT2D eigenvalue weighted by atomic mass is 32.2. The first kappa shape index (κ1) is 9.46. The standard InChI is InChI=1S/C7H10FNO2S/c8-7(5-9)6-1-3-12(10,11)4-2-6/h6-7H,1-4H2. The van der Waals surface area contributed by atoms with Gasteiger partial charge in [-0.3, -0.25) is 0 Å². The van der Waals surface area contributed by atoms with E-state index in [2.05, 4.69) is 0 Å². The Morgan fingerprint density at radius 2 is 1.92 bits per heavy atom. The molecule has 0 aromatic heterocycles. The molecule has 3 nitrogen and oxygen atoms in total. The molecule has 12 heavy (non-hydrogen) atoms. The largest absolute Gasteiger partial charge is 0.231 e. The van der Waals surface area contributed by atoms with Crippen LogP contribution >= 0.6 is 0 Å². The highest BCUT2D eigenvalue weighted by Crippen LogP contribution is 2.23. The van der Waals surface area contributed by atoms with Crippen LogP contribution in [0.2, 0.25) is 0 Å². The molecule has 0 aromatic carbocycles. The van der Waals surface area contributed by atoms with Gasteiger partial charge in [-0.2, -0.15) is 5.26 Å². The minimum Gasteiger partial charge on any atom is -0.231 e. The molecular weight excluding hydrogens is 181 g/mol. The van der Waals surface area contributed by atoms with Crippen LogP contribution in [0.5, 0.6) is 0 Å². The second-order valence-corrected chi connectivity index (χ2v) is 5.32. The molecule has 0 aromatic rings. The van der Waals surface area contributed by atoms with E-state index in [1.165, 1.54) is 6.07 Å². The smallest absolute Gasteiger partial charge is 0.189 e. The van der Waals surface area contributed by atoms with Crippen LogP contribution in [0.1, 0.15) is 12.8 Å². The minimum absolute atomic E-state index is 0.0275. The maximum absolute atomic E-state index is 12.7. The summed E-state index contributed by atoms with van der Waals surface area (Å²) in [5, 5.41) is 8.24. The molecule has 1 atom stereocenters. The number of hydrogen-bond acceptors (Lipinski definition) is 3. The van der Waals surface area contributed by atoms with E-state index in [1.807, 2.05) is 0 Å². The third kappa shape index (κ3) is 2.18. The van der Waals surface area contributed by atoms with Crippen LogP contribution in [0.3, 0.4) is 0 Å². The predicted molar refractivity (Wildman–Crippen MR) is 41.9 cm³/mol. The van der Waals surface area contributed by atoms with Crippen LogP contribution in [-0.4, -0.2) is 26.1 Å². The van der Waals surface area contributed by atoms with E-state index < -0.39 is 16.0 Å². The zero-order valence-electron chi connectivity index (χ0n) is 6.53. The Labute approximate surface area is 71.1 Å². The molecule has 68 valence electrons. The Morgan fingerprint density at radius 3 is 2.33 bits per heavy atom. The molecule has 1 heterocycles. The molecule has 0 amide bonds. The maximum Gasteiger partial charge on any atom is 0.189 e. The third-order valence-corrected chi connectivity index (χ3v) is 3.85. The van der Waals surface area contributed by atoms with Gasteiger partial charge in [-0.05, 0) is 12.8 Å². The quantitative estimate of drug-likeness (QED) is 0.612. The van der Waals surface area contributed by atoms with E-state index in [1.54, 1.807) is 0 Å². The van der Waals surface area contributed by atoms with Gasteiger partial charge < -0.3 is 0 Å². The van der Waals surface area contributed by atoms with Gasteiger partial charge in [0.15, 0.2) is 6.17 Å². The van der Waals surface area contributed by atoms with Gasteiger partial charge in [0, 0.05) is 5.92 Å². The fourth-order valence-corrected chi connectivity index (χ4v) is 2.83. The van der Waals surface area contributed by atoms with Crippen molar-refractivity contribution in [2.75, 3.05) is 11.5 Å². The molecule has 0 radical (unpaired) electrons. The van der Waals surface area contributed by atoms with Crippen molar-refractivity contribution in [2.45, 2.75) is 19.0 Å². The normalized spacial score (nSPS) is 26.0. The summed E-state index contributed by atoms with van der Waals surface area (Å²) < 4.78 is 34.5. The lowest BCUT2D eigenvalue weighted by atomic mass is 9.98. The van der Waals surface area contributed by atoms with E-state index in [9.17, 15) is 12.8 Å². The Balaban J connectivity index is 2.53. The topological polar surface area (TPSA) is 57.9 Å². The Bertz CT molecular complexity index is 279. The van der Waals surface area contributed by atoms with Crippen molar-refractivity contribution in [1.82, 2.24) is 0 Å². The Morgan fingerprint density at radius 1 is 1.42 bits per heavy atom. The number of nitrogens with zero attached hydrogens (tertiary/aromatic N) is 1. The average molecular weight is 191 g/mol. The summed E-state index contributed by atoms with van der Waals surface area (Å²) in [4.78, 5) is 0. The first-order valence-electron chi connectivity index (χ1n) is 3.79. The van der Waals surface area contributed by atoms with Crippen molar-refractivity contribution in [3.63, 3.8) is 0 Å². The van der Waals surface area contributed by atoms with Crippen molar-refractivity contribution >= 4 is 9.84 Å². The van der Waals surface area contributed by atoms with Crippen molar-refractivity contribution in [1.29, 1.82) is 5.26 Å². The molecule has 1 fully saturated rings. The lowest BCUT2D eigenvalue weighted by Crippen LogP contribution is -2.28. The van der Waals surface area contributed by atoms with Crippen LogP contribution in [0.15, 0.2) is 0 Å². The van der Waals surface area contributed by atoms with E-state index in [4.69, 9.17) is 5.26 Å². The van der Waals surface area contributed by atoms with Gasteiger partial charge in [0.05, 0.1) is 11.5 Å². The molecule has 0 bridgehead atoms. The summed E-state index contributed by atoms with van der Waals surface area (Å²) in [6.07, 6.45) is -0.922. The number of nitriles is 1. The minimum atomic E-state index is -2.93. The van der Waals surface area contributed by atoms with Crippen molar-refractivity contribution in [2.24, 2.45) is 5.92 Å². The lowest BCUT2D eigenvalue weighted by Gasteiger charge is -2.21. The number of sulfone groups is 1. The highest BCUT2D eigenvalue weighted by Gasteiger charge is 2.29. The Kier molecular flexibility index (Phi) is 2.68. The van der Waals surface area contributed by atoms with Crippen LogP contribution in [0, 0.1) is 17.2 Å². The van der Waals surface area contributed by atoms with Crippen LogP contribution in [-0.2, 0) is 9.84 Å². The third-order valence-electron chi connectivity index (χ3n) is 2.14. The molecule has 1 aliphatic heterocycles. The van der Waals surface area contributed by atoms with Gasteiger partial charge >= 0.3 is 0 Å². The van der Waals surface area contributed by atoms with Gasteiger partial charge in [-0.1, -0.05) is 0 Å². The van der Waals surface area contributed by atoms with Crippen molar-refractivity contribution in [3.8, 4) is 6.07 Å². The number of halogens is 1. The molecule has 0 spiro atoms. The lowest BCUT2D eigenvalue weighted by molar-refractivity contribution is 0.270. The molecular formula is C7H10FNO2S. The van der Waals surface area contributed by atoms with Gasteiger partial charge in [-0.15, -0.1) is 0 Å². The molecule has 1 aliphatic rings. The fourth-order valence-electron chi connectivity index (χ4n) is 1.31. The summed E-state index contributed by atoms with van der Waals surface area (Å²) >= 11 is 0. The zero-order chi connectivity index (χ0) is 9.19. The number of hydrogen-bond donors (Lipinski definition) is 0. The monoisotopic (exact) mass is 191 g/mol. The fraction of sp³-hybridized carbons (Fsp3) is 0.857.